The van der Waals surface area contributed by atoms with Gasteiger partial charge in [0.2, 0.25) is 0 Å². The highest BCUT2D eigenvalue weighted by Gasteiger charge is 2.09. The quantitative estimate of drug-likeness (QED) is 0.192. The highest BCUT2D eigenvalue weighted by Crippen LogP contribution is 1.93. The van der Waals surface area contributed by atoms with Crippen LogP contribution in [0.2, 0.25) is 0 Å². The summed E-state index contributed by atoms with van der Waals surface area (Å²) in [6.07, 6.45) is 2.83. The number of carbonyl (C=O) groups is 2. The van der Waals surface area contributed by atoms with E-state index in [1.807, 2.05) is 0 Å². The fraction of sp³-hybridized carbons (Fsp3) is 0.500. The smallest absolute Gasteiger partial charge is 0.331 e. The number of esters is 2. The molecule has 136 valence electrons. The SMILES string of the molecule is C=CCOCC(O)COC(=O)/C=C/C(=O)OCC(O)COCC=C. The molecule has 0 aromatic carbocycles. The van der Waals surface area contributed by atoms with E-state index in [1.54, 1.807) is 0 Å². The first kappa shape index (κ1) is 22.0. The fourth-order valence-corrected chi connectivity index (χ4v) is 1.26. The third-order valence-corrected chi connectivity index (χ3v) is 2.28. The van der Waals surface area contributed by atoms with Crippen LogP contribution in [-0.4, -0.2) is 74.0 Å². The Labute approximate surface area is 141 Å². The van der Waals surface area contributed by atoms with E-state index < -0.39 is 24.1 Å². The van der Waals surface area contributed by atoms with Gasteiger partial charge >= 0.3 is 11.9 Å². The molecular weight excluding hydrogens is 320 g/mol. The topological polar surface area (TPSA) is 112 Å². The Morgan fingerprint density at radius 1 is 0.792 bits per heavy atom. The van der Waals surface area contributed by atoms with Crippen molar-refractivity contribution in [2.24, 2.45) is 0 Å². The van der Waals surface area contributed by atoms with Crippen LogP contribution in [0.15, 0.2) is 37.5 Å². The summed E-state index contributed by atoms with van der Waals surface area (Å²) in [5.74, 6) is -1.63. The van der Waals surface area contributed by atoms with Crippen LogP contribution in [0.4, 0.5) is 0 Å². The number of hydrogen-bond donors (Lipinski definition) is 2. The number of rotatable bonds is 14. The van der Waals surface area contributed by atoms with Gasteiger partial charge in [0.05, 0.1) is 26.4 Å². The summed E-state index contributed by atoms with van der Waals surface area (Å²) >= 11 is 0. The average Bonchev–Trinajstić information content (AvgIpc) is 2.56. The van der Waals surface area contributed by atoms with E-state index in [4.69, 9.17) is 18.9 Å². The molecule has 24 heavy (non-hydrogen) atoms. The molecule has 0 amide bonds. The molecule has 8 nitrogen and oxygen atoms in total. The van der Waals surface area contributed by atoms with Gasteiger partial charge in [0.1, 0.15) is 25.4 Å². The first-order valence-electron chi connectivity index (χ1n) is 7.24. The molecule has 0 aliphatic carbocycles. The molecule has 2 unspecified atom stereocenters. The third-order valence-electron chi connectivity index (χ3n) is 2.28. The Hall–Kier alpha value is -2.00. The zero-order valence-electron chi connectivity index (χ0n) is 13.5. The standard InChI is InChI=1S/C16H24O8/c1-3-7-21-9-13(17)11-23-15(19)5-6-16(20)24-12-14(18)10-22-8-4-2/h3-6,13-14,17-18H,1-2,7-12H2/b6-5+. The van der Waals surface area contributed by atoms with Gasteiger partial charge in [0.25, 0.3) is 0 Å². The highest BCUT2D eigenvalue weighted by molar-refractivity contribution is 5.91. The van der Waals surface area contributed by atoms with Crippen molar-refractivity contribution in [1.29, 1.82) is 0 Å². The van der Waals surface area contributed by atoms with Gasteiger partial charge in [-0.2, -0.15) is 0 Å². The second-order valence-electron chi connectivity index (χ2n) is 4.55. The molecule has 0 saturated heterocycles. The molecule has 0 aromatic rings. The van der Waals surface area contributed by atoms with Crippen LogP contribution in [0.1, 0.15) is 0 Å². The van der Waals surface area contributed by atoms with Crippen molar-refractivity contribution in [3.63, 3.8) is 0 Å². The molecular formula is C16H24O8. The Morgan fingerprint density at radius 2 is 1.17 bits per heavy atom. The average molecular weight is 344 g/mol. The number of aliphatic hydroxyl groups is 2. The predicted molar refractivity (Wildman–Crippen MR) is 85.1 cm³/mol. The molecule has 0 aromatic heterocycles. The molecule has 0 aliphatic heterocycles. The zero-order chi connectivity index (χ0) is 18.2. The normalized spacial score (nSPS) is 13.2. The fourth-order valence-electron chi connectivity index (χ4n) is 1.26. The number of carbonyl (C=O) groups excluding carboxylic acids is 2. The van der Waals surface area contributed by atoms with Crippen molar-refractivity contribution < 1.29 is 38.7 Å². The lowest BCUT2D eigenvalue weighted by molar-refractivity contribution is -0.144. The van der Waals surface area contributed by atoms with E-state index in [1.165, 1.54) is 12.2 Å². The van der Waals surface area contributed by atoms with E-state index >= 15 is 0 Å². The van der Waals surface area contributed by atoms with E-state index in [0.717, 1.165) is 12.2 Å². The minimum Gasteiger partial charge on any atom is -0.460 e. The first-order valence-corrected chi connectivity index (χ1v) is 7.24. The summed E-state index contributed by atoms with van der Waals surface area (Å²) in [4.78, 5) is 22.7. The lowest BCUT2D eigenvalue weighted by atomic mass is 10.4. The summed E-state index contributed by atoms with van der Waals surface area (Å²) in [5, 5.41) is 18.9. The van der Waals surface area contributed by atoms with Crippen molar-refractivity contribution in [2.45, 2.75) is 12.2 Å². The molecule has 0 radical (unpaired) electrons. The van der Waals surface area contributed by atoms with Crippen LogP contribution in [0, 0.1) is 0 Å². The summed E-state index contributed by atoms with van der Waals surface area (Å²) in [7, 11) is 0. The molecule has 0 aliphatic rings. The van der Waals surface area contributed by atoms with Gasteiger partial charge in [-0.25, -0.2) is 9.59 Å². The number of aliphatic hydroxyl groups excluding tert-OH is 2. The molecule has 0 fully saturated rings. The van der Waals surface area contributed by atoms with Crippen LogP contribution < -0.4 is 0 Å². The van der Waals surface area contributed by atoms with Crippen molar-refractivity contribution in [1.82, 2.24) is 0 Å². The molecule has 0 spiro atoms. The van der Waals surface area contributed by atoms with E-state index in [2.05, 4.69) is 13.2 Å². The maximum atomic E-state index is 11.3. The van der Waals surface area contributed by atoms with Gasteiger partial charge in [-0.05, 0) is 0 Å². The van der Waals surface area contributed by atoms with Crippen molar-refractivity contribution in [3.05, 3.63) is 37.5 Å². The van der Waals surface area contributed by atoms with E-state index in [0.29, 0.717) is 0 Å². The predicted octanol–water partition coefficient (Wildman–Crippen LogP) is -0.244. The summed E-state index contributed by atoms with van der Waals surface area (Å²) in [5.41, 5.74) is 0. The minimum absolute atomic E-state index is 0.00311. The third kappa shape index (κ3) is 13.6. The van der Waals surface area contributed by atoms with Gasteiger partial charge in [0, 0.05) is 12.2 Å². The Morgan fingerprint density at radius 3 is 1.50 bits per heavy atom. The Balaban J connectivity index is 3.85. The minimum atomic E-state index is -0.972. The monoisotopic (exact) mass is 344 g/mol. The van der Waals surface area contributed by atoms with Gasteiger partial charge < -0.3 is 29.2 Å². The van der Waals surface area contributed by atoms with Gasteiger partial charge in [-0.3, -0.25) is 0 Å². The molecule has 0 rings (SSSR count). The summed E-state index contributed by atoms with van der Waals surface area (Å²) in [6.45, 7) is 6.90. The number of ether oxygens (including phenoxy) is 4. The van der Waals surface area contributed by atoms with Crippen LogP contribution >= 0.6 is 0 Å². The molecule has 8 heteroatoms. The number of hydrogen-bond acceptors (Lipinski definition) is 8. The molecule has 2 N–H and O–H groups in total. The molecule has 0 heterocycles. The van der Waals surface area contributed by atoms with Crippen molar-refractivity contribution in [2.75, 3.05) is 39.6 Å². The maximum absolute atomic E-state index is 11.3. The lowest BCUT2D eigenvalue weighted by Gasteiger charge is -2.10. The second-order valence-corrected chi connectivity index (χ2v) is 4.55. The molecule has 0 bridgehead atoms. The Bertz CT molecular complexity index is 380. The first-order chi connectivity index (χ1) is 11.5. The van der Waals surface area contributed by atoms with Crippen LogP contribution in [0.5, 0.6) is 0 Å². The van der Waals surface area contributed by atoms with Crippen LogP contribution in [0.25, 0.3) is 0 Å². The summed E-state index contributed by atoms with van der Waals surface area (Å²) in [6, 6.07) is 0. The Kier molecular flexibility index (Phi) is 13.4. The van der Waals surface area contributed by atoms with Crippen LogP contribution in [0.3, 0.4) is 0 Å². The zero-order valence-corrected chi connectivity index (χ0v) is 13.5. The highest BCUT2D eigenvalue weighted by atomic mass is 16.6. The summed E-state index contributed by atoms with van der Waals surface area (Å²) < 4.78 is 19.4. The van der Waals surface area contributed by atoms with Gasteiger partial charge in [0.15, 0.2) is 0 Å². The van der Waals surface area contributed by atoms with Gasteiger partial charge in [-0.1, -0.05) is 12.2 Å². The molecule has 2 atom stereocenters. The van der Waals surface area contributed by atoms with E-state index in [-0.39, 0.29) is 39.6 Å². The largest absolute Gasteiger partial charge is 0.460 e. The molecule has 0 saturated carbocycles. The van der Waals surface area contributed by atoms with E-state index in [9.17, 15) is 19.8 Å². The lowest BCUT2D eigenvalue weighted by Crippen LogP contribution is -2.24. The van der Waals surface area contributed by atoms with Crippen LogP contribution in [-0.2, 0) is 28.5 Å². The maximum Gasteiger partial charge on any atom is 0.331 e. The van der Waals surface area contributed by atoms with Crippen molar-refractivity contribution in [3.8, 4) is 0 Å². The second kappa shape index (κ2) is 14.6. The van der Waals surface area contributed by atoms with Crippen molar-refractivity contribution >= 4 is 11.9 Å². The van der Waals surface area contributed by atoms with Gasteiger partial charge in [-0.15, -0.1) is 13.2 Å².